The molecule has 5 nitrogen and oxygen atoms in total. The molecule has 0 bridgehead atoms. The Kier molecular flexibility index (Phi) is 4.02. The van der Waals surface area contributed by atoms with Crippen LogP contribution < -0.4 is 5.73 Å². The second-order valence-corrected chi connectivity index (χ2v) is 3.47. The maximum Gasteiger partial charge on any atom is 0.303 e. The highest BCUT2D eigenvalue weighted by molar-refractivity contribution is 5.78. The third-order valence-corrected chi connectivity index (χ3v) is 2.27. The zero-order chi connectivity index (χ0) is 12.1. The van der Waals surface area contributed by atoms with Gasteiger partial charge in [0.05, 0.1) is 0 Å². The van der Waals surface area contributed by atoms with Gasteiger partial charge >= 0.3 is 5.97 Å². The predicted octanol–water partition coefficient (Wildman–Crippen LogP) is 1.07. The van der Waals surface area contributed by atoms with E-state index in [1.165, 1.54) is 18.2 Å². The van der Waals surface area contributed by atoms with Gasteiger partial charge in [0.15, 0.2) is 6.29 Å². The van der Waals surface area contributed by atoms with Crippen LogP contribution in [0.1, 0.15) is 34.8 Å². The molecule has 0 spiro atoms. The lowest BCUT2D eigenvalue weighted by Gasteiger charge is -2.13. The van der Waals surface area contributed by atoms with Gasteiger partial charge in [-0.15, -0.1) is 0 Å². The molecule has 0 aliphatic carbocycles. The van der Waals surface area contributed by atoms with Crippen molar-refractivity contribution in [3.8, 4) is 5.75 Å². The molecule has 1 atom stereocenters. The summed E-state index contributed by atoms with van der Waals surface area (Å²) in [5.74, 6) is -0.946. The highest BCUT2D eigenvalue weighted by Gasteiger charge is 2.12. The lowest BCUT2D eigenvalue weighted by Crippen LogP contribution is -2.14. The highest BCUT2D eigenvalue weighted by atomic mass is 16.4. The number of carbonyl (C=O) groups is 2. The Hall–Kier alpha value is -1.88. The molecule has 0 amide bonds. The first-order valence-electron chi connectivity index (χ1n) is 4.80. The van der Waals surface area contributed by atoms with E-state index < -0.39 is 12.0 Å². The maximum atomic E-state index is 10.7. The number of carboxylic acids is 1. The van der Waals surface area contributed by atoms with Gasteiger partial charge in [-0.05, 0) is 24.1 Å². The fourth-order valence-electron chi connectivity index (χ4n) is 1.44. The van der Waals surface area contributed by atoms with Crippen LogP contribution in [-0.4, -0.2) is 22.5 Å². The van der Waals surface area contributed by atoms with Gasteiger partial charge < -0.3 is 15.9 Å². The summed E-state index contributed by atoms with van der Waals surface area (Å²) in [5, 5.41) is 17.7. The van der Waals surface area contributed by atoms with Crippen molar-refractivity contribution in [1.82, 2.24) is 0 Å². The first-order chi connectivity index (χ1) is 7.54. The van der Waals surface area contributed by atoms with Crippen LogP contribution in [0.15, 0.2) is 18.2 Å². The van der Waals surface area contributed by atoms with Gasteiger partial charge in [0.1, 0.15) is 5.75 Å². The molecule has 1 unspecified atom stereocenters. The molecule has 0 fully saturated rings. The Balaban J connectivity index is 2.85. The van der Waals surface area contributed by atoms with Gasteiger partial charge in [0.25, 0.3) is 0 Å². The number of carbonyl (C=O) groups excluding carboxylic acids is 1. The van der Waals surface area contributed by atoms with E-state index in [0.717, 1.165) is 0 Å². The smallest absolute Gasteiger partial charge is 0.303 e. The fourth-order valence-corrected chi connectivity index (χ4v) is 1.44. The lowest BCUT2D eigenvalue weighted by molar-refractivity contribution is -0.137. The van der Waals surface area contributed by atoms with Gasteiger partial charge in [0, 0.05) is 18.0 Å². The molecule has 0 aromatic heterocycles. The first-order valence-corrected chi connectivity index (χ1v) is 4.80. The Labute approximate surface area is 92.5 Å². The zero-order valence-corrected chi connectivity index (χ0v) is 8.59. The fraction of sp³-hybridized carbons (Fsp3) is 0.273. The lowest BCUT2D eigenvalue weighted by atomic mass is 9.98. The number of carboxylic acid groups (broad SMARTS) is 1. The number of rotatable bonds is 5. The largest absolute Gasteiger partial charge is 0.508 e. The van der Waals surface area contributed by atoms with Crippen LogP contribution in [0.25, 0.3) is 0 Å². The van der Waals surface area contributed by atoms with Crippen molar-refractivity contribution in [3.63, 3.8) is 0 Å². The first kappa shape index (κ1) is 12.2. The van der Waals surface area contributed by atoms with Crippen LogP contribution >= 0.6 is 0 Å². The van der Waals surface area contributed by atoms with Crippen molar-refractivity contribution in [2.75, 3.05) is 0 Å². The number of aldehydes is 1. The summed E-state index contributed by atoms with van der Waals surface area (Å²) >= 11 is 0. The monoisotopic (exact) mass is 223 g/mol. The summed E-state index contributed by atoms with van der Waals surface area (Å²) in [6.45, 7) is 0. The van der Waals surface area contributed by atoms with Crippen molar-refractivity contribution >= 4 is 12.3 Å². The standard InChI is InChI=1S/C11H13NO4/c12-10(3-4-11(15)16)9-2-1-8(14)5-7(9)6-13/h1-2,5-6,10,14H,3-4,12H2,(H,15,16). The molecular formula is C11H13NO4. The van der Waals surface area contributed by atoms with Crippen LogP contribution in [0.2, 0.25) is 0 Å². The van der Waals surface area contributed by atoms with Crippen molar-refractivity contribution in [2.45, 2.75) is 18.9 Å². The van der Waals surface area contributed by atoms with E-state index in [1.54, 1.807) is 0 Å². The molecule has 0 heterocycles. The average molecular weight is 223 g/mol. The van der Waals surface area contributed by atoms with Crippen molar-refractivity contribution < 1.29 is 19.8 Å². The summed E-state index contributed by atoms with van der Waals surface area (Å²) in [6.07, 6.45) is 0.789. The normalized spacial score (nSPS) is 12.1. The number of benzene rings is 1. The molecule has 0 radical (unpaired) electrons. The minimum absolute atomic E-state index is 0.0173. The molecule has 1 aromatic rings. The van der Waals surface area contributed by atoms with Gasteiger partial charge in [-0.2, -0.15) is 0 Å². The minimum Gasteiger partial charge on any atom is -0.508 e. The quantitative estimate of drug-likeness (QED) is 0.648. The molecule has 16 heavy (non-hydrogen) atoms. The van der Waals surface area contributed by atoms with Crippen LogP contribution in [0.5, 0.6) is 5.75 Å². The van der Waals surface area contributed by atoms with Gasteiger partial charge in [0.2, 0.25) is 0 Å². The SMILES string of the molecule is NC(CCC(=O)O)c1ccc(O)cc1C=O. The summed E-state index contributed by atoms with van der Waals surface area (Å²) < 4.78 is 0. The number of hydrogen-bond acceptors (Lipinski definition) is 4. The summed E-state index contributed by atoms with van der Waals surface area (Å²) in [4.78, 5) is 21.1. The molecule has 1 aromatic carbocycles. The Morgan fingerprint density at radius 3 is 2.75 bits per heavy atom. The van der Waals surface area contributed by atoms with E-state index in [-0.39, 0.29) is 24.2 Å². The minimum atomic E-state index is -0.929. The van der Waals surface area contributed by atoms with Crippen molar-refractivity contribution in [3.05, 3.63) is 29.3 Å². The molecule has 4 N–H and O–H groups in total. The topological polar surface area (TPSA) is 101 Å². The van der Waals surface area contributed by atoms with Crippen LogP contribution in [0.4, 0.5) is 0 Å². The average Bonchev–Trinajstić information content (AvgIpc) is 2.25. The third kappa shape index (κ3) is 3.06. The molecule has 0 aliphatic rings. The summed E-state index contributed by atoms with van der Waals surface area (Å²) in [5.41, 5.74) is 6.61. The molecule has 86 valence electrons. The van der Waals surface area contributed by atoms with E-state index in [1.807, 2.05) is 0 Å². The number of aliphatic carboxylic acids is 1. The molecule has 0 aliphatic heterocycles. The summed E-state index contributed by atoms with van der Waals surface area (Å²) in [6, 6.07) is 3.74. The van der Waals surface area contributed by atoms with Gasteiger partial charge in [-0.25, -0.2) is 0 Å². The zero-order valence-electron chi connectivity index (χ0n) is 8.59. The van der Waals surface area contributed by atoms with E-state index in [4.69, 9.17) is 10.8 Å². The Bertz CT molecular complexity index is 403. The third-order valence-electron chi connectivity index (χ3n) is 2.27. The molecular weight excluding hydrogens is 210 g/mol. The van der Waals surface area contributed by atoms with Crippen LogP contribution in [0.3, 0.4) is 0 Å². The van der Waals surface area contributed by atoms with E-state index >= 15 is 0 Å². The Morgan fingerprint density at radius 1 is 1.50 bits per heavy atom. The van der Waals surface area contributed by atoms with Crippen LogP contribution in [-0.2, 0) is 4.79 Å². The number of phenolic OH excluding ortho intramolecular Hbond substituents is 1. The Morgan fingerprint density at radius 2 is 2.19 bits per heavy atom. The van der Waals surface area contributed by atoms with Crippen LogP contribution in [0, 0.1) is 0 Å². The number of hydrogen-bond donors (Lipinski definition) is 3. The van der Waals surface area contributed by atoms with Crippen molar-refractivity contribution in [2.24, 2.45) is 5.73 Å². The van der Waals surface area contributed by atoms with E-state index in [9.17, 15) is 14.7 Å². The van der Waals surface area contributed by atoms with Gasteiger partial charge in [-0.3, -0.25) is 9.59 Å². The molecule has 1 rings (SSSR count). The molecule has 0 saturated heterocycles. The number of nitrogens with two attached hydrogens (primary N) is 1. The second kappa shape index (κ2) is 5.27. The number of aromatic hydroxyl groups is 1. The van der Waals surface area contributed by atoms with Gasteiger partial charge in [-0.1, -0.05) is 6.07 Å². The predicted molar refractivity (Wildman–Crippen MR) is 57.3 cm³/mol. The second-order valence-electron chi connectivity index (χ2n) is 3.47. The summed E-state index contributed by atoms with van der Waals surface area (Å²) in [7, 11) is 0. The van der Waals surface area contributed by atoms with E-state index in [0.29, 0.717) is 11.8 Å². The van der Waals surface area contributed by atoms with Crippen molar-refractivity contribution in [1.29, 1.82) is 0 Å². The highest BCUT2D eigenvalue weighted by Crippen LogP contribution is 2.22. The maximum absolute atomic E-state index is 10.7. The molecule has 0 saturated carbocycles. The molecule has 5 heteroatoms. The number of phenols is 1. The van der Waals surface area contributed by atoms with E-state index in [2.05, 4.69) is 0 Å².